The number of halogens is 1. The highest BCUT2D eigenvalue weighted by Gasteiger charge is 2.30. The van der Waals surface area contributed by atoms with Gasteiger partial charge in [0.05, 0.1) is 16.1 Å². The Labute approximate surface area is 185 Å². The summed E-state index contributed by atoms with van der Waals surface area (Å²) < 4.78 is 34.2. The maximum atomic E-state index is 12.9. The normalized spacial score (nSPS) is 15.1. The van der Waals surface area contributed by atoms with Crippen molar-refractivity contribution in [2.45, 2.75) is 11.6 Å². The van der Waals surface area contributed by atoms with Gasteiger partial charge in [-0.15, -0.1) is 0 Å². The fourth-order valence-electron chi connectivity index (χ4n) is 3.32. The van der Waals surface area contributed by atoms with Gasteiger partial charge in [-0.05, 0) is 30.3 Å². The Morgan fingerprint density at radius 2 is 1.77 bits per heavy atom. The van der Waals surface area contributed by atoms with Gasteiger partial charge >= 0.3 is 0 Å². The first kappa shape index (κ1) is 21.4. The topological polar surface area (TPSA) is 84.7 Å². The summed E-state index contributed by atoms with van der Waals surface area (Å²) in [5.74, 6) is 0.368. The maximum absolute atomic E-state index is 12.9. The summed E-state index contributed by atoms with van der Waals surface area (Å²) >= 11 is 5.84. The highest BCUT2D eigenvalue weighted by molar-refractivity contribution is 7.89. The molecule has 3 aromatic rings. The zero-order chi connectivity index (χ0) is 21.8. The number of piperazine rings is 1. The third-order valence-electron chi connectivity index (χ3n) is 4.95. The molecule has 1 amide bonds. The SMILES string of the molecule is O=C(c1cccc(OCn2cc(Cl)cn2)c1)N1CCN(S(=O)(=O)c2ccccc2)CC1. The number of amides is 1. The fraction of sp³-hybridized carbons (Fsp3) is 0.238. The van der Waals surface area contributed by atoms with Crippen molar-refractivity contribution in [1.29, 1.82) is 0 Å². The van der Waals surface area contributed by atoms with E-state index < -0.39 is 10.0 Å². The minimum absolute atomic E-state index is 0.163. The Morgan fingerprint density at radius 3 is 2.45 bits per heavy atom. The van der Waals surface area contributed by atoms with Crippen LogP contribution in [0.4, 0.5) is 0 Å². The third kappa shape index (κ3) is 4.90. The Morgan fingerprint density at radius 1 is 1.03 bits per heavy atom. The average molecular weight is 461 g/mol. The molecule has 1 aliphatic heterocycles. The predicted octanol–water partition coefficient (Wildman–Crippen LogP) is 2.72. The second-order valence-electron chi connectivity index (χ2n) is 7.01. The molecule has 0 aliphatic carbocycles. The molecular formula is C21H21ClN4O4S. The minimum Gasteiger partial charge on any atom is -0.471 e. The molecule has 0 radical (unpaired) electrons. The van der Waals surface area contributed by atoms with E-state index in [2.05, 4.69) is 5.10 Å². The van der Waals surface area contributed by atoms with E-state index in [1.165, 1.54) is 10.5 Å². The van der Waals surface area contributed by atoms with E-state index in [1.807, 2.05) is 0 Å². The molecule has 31 heavy (non-hydrogen) atoms. The van der Waals surface area contributed by atoms with Crippen molar-refractivity contribution in [3.05, 3.63) is 77.6 Å². The summed E-state index contributed by atoms with van der Waals surface area (Å²) in [6.45, 7) is 1.31. The van der Waals surface area contributed by atoms with E-state index in [-0.39, 0.29) is 30.6 Å². The zero-order valence-electron chi connectivity index (χ0n) is 16.6. The molecule has 4 rings (SSSR count). The van der Waals surface area contributed by atoms with Crippen molar-refractivity contribution in [2.24, 2.45) is 0 Å². The quantitative estimate of drug-likeness (QED) is 0.564. The molecule has 0 bridgehead atoms. The molecule has 0 spiro atoms. The lowest BCUT2D eigenvalue weighted by Crippen LogP contribution is -2.50. The molecule has 1 aromatic heterocycles. The average Bonchev–Trinajstić information content (AvgIpc) is 3.23. The van der Waals surface area contributed by atoms with Crippen molar-refractivity contribution in [1.82, 2.24) is 19.0 Å². The summed E-state index contributed by atoms with van der Waals surface area (Å²) in [4.78, 5) is 14.8. The standard InChI is InChI=1S/C21H21ClN4O4S/c22-18-14-23-25(15-18)16-30-19-6-4-5-17(13-19)21(27)24-9-11-26(12-10-24)31(28,29)20-7-2-1-3-8-20/h1-8,13-15H,9-12,16H2. The molecule has 0 saturated carbocycles. The van der Waals surface area contributed by atoms with Gasteiger partial charge in [0.1, 0.15) is 5.75 Å². The van der Waals surface area contributed by atoms with Crippen molar-refractivity contribution in [3.8, 4) is 5.75 Å². The number of aromatic nitrogens is 2. The van der Waals surface area contributed by atoms with Crippen LogP contribution in [-0.4, -0.2) is 59.5 Å². The summed E-state index contributed by atoms with van der Waals surface area (Å²) in [5, 5.41) is 4.56. The van der Waals surface area contributed by atoms with Crippen LogP contribution < -0.4 is 4.74 Å². The number of hydrogen-bond donors (Lipinski definition) is 0. The number of carbonyl (C=O) groups is 1. The molecule has 1 fully saturated rings. The van der Waals surface area contributed by atoms with Crippen molar-refractivity contribution in [3.63, 3.8) is 0 Å². The van der Waals surface area contributed by atoms with Gasteiger partial charge in [0.15, 0.2) is 6.73 Å². The van der Waals surface area contributed by atoms with Crippen LogP contribution in [0.2, 0.25) is 5.02 Å². The lowest BCUT2D eigenvalue weighted by Gasteiger charge is -2.34. The Balaban J connectivity index is 1.37. The van der Waals surface area contributed by atoms with E-state index in [4.69, 9.17) is 16.3 Å². The largest absolute Gasteiger partial charge is 0.471 e. The molecule has 0 unspecified atom stereocenters. The first-order valence-electron chi connectivity index (χ1n) is 9.69. The van der Waals surface area contributed by atoms with Crippen LogP contribution in [0.15, 0.2) is 71.9 Å². The molecule has 2 heterocycles. The summed E-state index contributed by atoms with van der Waals surface area (Å²) in [5.41, 5.74) is 0.482. The van der Waals surface area contributed by atoms with E-state index in [1.54, 1.807) is 70.4 Å². The van der Waals surface area contributed by atoms with Crippen LogP contribution >= 0.6 is 11.6 Å². The lowest BCUT2D eigenvalue weighted by molar-refractivity contribution is 0.0697. The summed E-state index contributed by atoms with van der Waals surface area (Å²) in [7, 11) is -3.56. The zero-order valence-corrected chi connectivity index (χ0v) is 18.2. The van der Waals surface area contributed by atoms with Gasteiger partial charge in [-0.2, -0.15) is 9.40 Å². The van der Waals surface area contributed by atoms with Gasteiger partial charge in [0.25, 0.3) is 5.91 Å². The number of sulfonamides is 1. The van der Waals surface area contributed by atoms with Crippen molar-refractivity contribution in [2.75, 3.05) is 26.2 Å². The molecule has 0 N–H and O–H groups in total. The van der Waals surface area contributed by atoms with Crippen LogP contribution in [0.3, 0.4) is 0 Å². The minimum atomic E-state index is -3.56. The monoisotopic (exact) mass is 460 g/mol. The van der Waals surface area contributed by atoms with E-state index in [0.717, 1.165) is 0 Å². The maximum Gasteiger partial charge on any atom is 0.254 e. The van der Waals surface area contributed by atoms with Crippen LogP contribution in [0.1, 0.15) is 10.4 Å². The molecule has 8 nitrogen and oxygen atoms in total. The molecule has 1 aliphatic rings. The third-order valence-corrected chi connectivity index (χ3v) is 7.06. The van der Waals surface area contributed by atoms with Crippen molar-refractivity contribution >= 4 is 27.5 Å². The van der Waals surface area contributed by atoms with Crippen LogP contribution in [0.25, 0.3) is 0 Å². The number of hydrogen-bond acceptors (Lipinski definition) is 5. The smallest absolute Gasteiger partial charge is 0.254 e. The molecule has 162 valence electrons. The number of nitrogens with zero attached hydrogens (tertiary/aromatic N) is 4. The first-order valence-corrected chi connectivity index (χ1v) is 11.5. The molecule has 0 atom stereocenters. The van der Waals surface area contributed by atoms with Gasteiger partial charge in [-0.3, -0.25) is 4.79 Å². The molecule has 2 aromatic carbocycles. The van der Waals surface area contributed by atoms with Crippen LogP contribution in [-0.2, 0) is 16.8 Å². The number of rotatable bonds is 6. The Hall–Kier alpha value is -2.88. The van der Waals surface area contributed by atoms with Crippen molar-refractivity contribution < 1.29 is 17.9 Å². The van der Waals surface area contributed by atoms with E-state index in [0.29, 0.717) is 29.4 Å². The highest BCUT2D eigenvalue weighted by Crippen LogP contribution is 2.20. The second-order valence-corrected chi connectivity index (χ2v) is 9.38. The molecule has 1 saturated heterocycles. The Bertz CT molecular complexity index is 1160. The number of benzene rings is 2. The van der Waals surface area contributed by atoms with Gasteiger partial charge in [0.2, 0.25) is 10.0 Å². The molecular weight excluding hydrogens is 440 g/mol. The van der Waals surface area contributed by atoms with Gasteiger partial charge in [0, 0.05) is 37.9 Å². The fourth-order valence-corrected chi connectivity index (χ4v) is 4.92. The van der Waals surface area contributed by atoms with Gasteiger partial charge < -0.3 is 9.64 Å². The lowest BCUT2D eigenvalue weighted by atomic mass is 10.1. The van der Waals surface area contributed by atoms with Crippen LogP contribution in [0, 0.1) is 0 Å². The predicted molar refractivity (Wildman–Crippen MR) is 115 cm³/mol. The first-order chi connectivity index (χ1) is 14.9. The molecule has 10 heteroatoms. The van der Waals surface area contributed by atoms with E-state index >= 15 is 0 Å². The van der Waals surface area contributed by atoms with Gasteiger partial charge in [-0.1, -0.05) is 35.9 Å². The Kier molecular flexibility index (Phi) is 6.26. The van der Waals surface area contributed by atoms with Gasteiger partial charge in [-0.25, -0.2) is 13.1 Å². The summed E-state index contributed by atoms with van der Waals surface area (Å²) in [6.07, 6.45) is 3.15. The summed E-state index contributed by atoms with van der Waals surface area (Å²) in [6, 6.07) is 15.2. The second kappa shape index (κ2) is 9.09. The number of carbonyl (C=O) groups excluding carboxylic acids is 1. The highest BCUT2D eigenvalue weighted by atomic mass is 35.5. The van der Waals surface area contributed by atoms with E-state index in [9.17, 15) is 13.2 Å². The number of ether oxygens (including phenoxy) is 1. The van der Waals surface area contributed by atoms with Crippen LogP contribution in [0.5, 0.6) is 5.75 Å².